The van der Waals surface area contributed by atoms with Crippen molar-refractivity contribution in [1.82, 2.24) is 10.2 Å². The third kappa shape index (κ3) is 3.96. The summed E-state index contributed by atoms with van der Waals surface area (Å²) in [4.78, 5) is 24.5. The number of carbonyl (C=O) groups is 2. The van der Waals surface area contributed by atoms with E-state index in [-0.39, 0.29) is 18.5 Å². The number of likely N-dealkylation sites (tertiary alicyclic amines) is 1. The van der Waals surface area contributed by atoms with Crippen LogP contribution in [0.25, 0.3) is 0 Å². The smallest absolute Gasteiger partial charge is 0.317 e. The molecule has 0 aliphatic carbocycles. The highest BCUT2D eigenvalue weighted by atomic mass is 32.1. The average Bonchev–Trinajstić information content (AvgIpc) is 3.07. The Kier molecular flexibility index (Phi) is 5.00. The molecule has 2 N–H and O–H groups in total. The van der Waals surface area contributed by atoms with E-state index in [2.05, 4.69) is 5.32 Å². The zero-order chi connectivity index (χ0) is 14.5. The van der Waals surface area contributed by atoms with Gasteiger partial charge in [0.15, 0.2) is 0 Å². The number of urea groups is 1. The number of carboxylic acids is 1. The van der Waals surface area contributed by atoms with Crippen LogP contribution < -0.4 is 5.32 Å². The Hall–Kier alpha value is -1.56. The van der Waals surface area contributed by atoms with Gasteiger partial charge in [-0.1, -0.05) is 0 Å². The molecule has 1 fully saturated rings. The fraction of sp³-hybridized carbons (Fsp3) is 0.571. The van der Waals surface area contributed by atoms with Gasteiger partial charge in [-0.25, -0.2) is 4.79 Å². The number of hydrogen-bond donors (Lipinski definition) is 2. The van der Waals surface area contributed by atoms with E-state index in [4.69, 9.17) is 5.11 Å². The zero-order valence-corrected chi connectivity index (χ0v) is 12.4. The third-order valence-corrected chi connectivity index (χ3v) is 4.42. The summed E-state index contributed by atoms with van der Waals surface area (Å²) in [5, 5.41) is 15.7. The molecule has 0 saturated carbocycles. The molecule has 1 aromatic rings. The number of hydrogen-bond acceptors (Lipinski definition) is 3. The molecule has 2 heterocycles. The molecule has 20 heavy (non-hydrogen) atoms. The van der Waals surface area contributed by atoms with Crippen LogP contribution in [0.2, 0.25) is 0 Å². The Morgan fingerprint density at radius 2 is 2.40 bits per heavy atom. The lowest BCUT2D eigenvalue weighted by atomic mass is 10.0. The summed E-state index contributed by atoms with van der Waals surface area (Å²) in [5.41, 5.74) is 1.12. The van der Waals surface area contributed by atoms with Crippen molar-refractivity contribution in [2.24, 2.45) is 5.92 Å². The molecule has 0 aromatic carbocycles. The quantitative estimate of drug-likeness (QED) is 0.877. The maximum Gasteiger partial charge on any atom is 0.317 e. The van der Waals surface area contributed by atoms with Gasteiger partial charge < -0.3 is 15.3 Å². The van der Waals surface area contributed by atoms with Crippen molar-refractivity contribution < 1.29 is 14.7 Å². The van der Waals surface area contributed by atoms with Crippen LogP contribution in [-0.4, -0.2) is 35.1 Å². The minimum absolute atomic E-state index is 0.00631. The van der Waals surface area contributed by atoms with Gasteiger partial charge in [-0.3, -0.25) is 4.79 Å². The van der Waals surface area contributed by atoms with Gasteiger partial charge in [-0.05, 0) is 48.1 Å². The summed E-state index contributed by atoms with van der Waals surface area (Å²) in [6.07, 6.45) is 1.73. The van der Waals surface area contributed by atoms with E-state index in [9.17, 15) is 9.59 Å². The minimum Gasteiger partial charge on any atom is -0.481 e. The molecule has 2 atom stereocenters. The van der Waals surface area contributed by atoms with Gasteiger partial charge in [0.2, 0.25) is 0 Å². The lowest BCUT2D eigenvalue weighted by Crippen LogP contribution is -2.39. The number of nitrogens with zero attached hydrogens (tertiary/aromatic N) is 1. The second-order valence-electron chi connectivity index (χ2n) is 5.26. The molecular weight excluding hydrogens is 276 g/mol. The van der Waals surface area contributed by atoms with E-state index < -0.39 is 5.97 Å². The lowest BCUT2D eigenvalue weighted by molar-refractivity contribution is -0.137. The Morgan fingerprint density at radius 3 is 3.05 bits per heavy atom. The Morgan fingerprint density at radius 1 is 1.60 bits per heavy atom. The SMILES string of the molecule is CC(NC(=O)N1CCC(CCC(=O)O)C1)c1ccsc1. The van der Waals surface area contributed by atoms with Crippen LogP contribution in [0.5, 0.6) is 0 Å². The summed E-state index contributed by atoms with van der Waals surface area (Å²) in [7, 11) is 0. The number of rotatable bonds is 5. The first kappa shape index (κ1) is 14.8. The second kappa shape index (κ2) is 6.74. The van der Waals surface area contributed by atoms with Crippen LogP contribution in [0, 0.1) is 5.92 Å². The van der Waals surface area contributed by atoms with Gasteiger partial charge in [0.05, 0.1) is 6.04 Å². The summed E-state index contributed by atoms with van der Waals surface area (Å²) in [5.74, 6) is -0.452. The van der Waals surface area contributed by atoms with Gasteiger partial charge in [-0.15, -0.1) is 0 Å². The summed E-state index contributed by atoms with van der Waals surface area (Å²) < 4.78 is 0. The molecule has 1 aliphatic rings. The maximum absolute atomic E-state index is 12.1. The number of aliphatic carboxylic acids is 1. The van der Waals surface area contributed by atoms with Gasteiger partial charge >= 0.3 is 12.0 Å². The monoisotopic (exact) mass is 296 g/mol. The second-order valence-corrected chi connectivity index (χ2v) is 6.04. The van der Waals surface area contributed by atoms with E-state index in [0.717, 1.165) is 12.0 Å². The zero-order valence-electron chi connectivity index (χ0n) is 11.5. The molecule has 6 heteroatoms. The van der Waals surface area contributed by atoms with E-state index in [1.54, 1.807) is 16.2 Å². The number of nitrogens with one attached hydrogen (secondary N) is 1. The average molecular weight is 296 g/mol. The molecule has 1 aliphatic heterocycles. The first-order valence-corrected chi connectivity index (χ1v) is 7.80. The molecule has 2 rings (SSSR count). The van der Waals surface area contributed by atoms with E-state index >= 15 is 0 Å². The molecular formula is C14H20N2O3S. The fourth-order valence-corrected chi connectivity index (χ4v) is 3.22. The first-order valence-electron chi connectivity index (χ1n) is 6.85. The molecule has 110 valence electrons. The molecule has 5 nitrogen and oxygen atoms in total. The Bertz CT molecular complexity index is 461. The van der Waals surface area contributed by atoms with Crippen molar-refractivity contribution in [1.29, 1.82) is 0 Å². The van der Waals surface area contributed by atoms with Crippen LogP contribution in [0.3, 0.4) is 0 Å². The molecule has 1 aromatic heterocycles. The molecule has 0 radical (unpaired) electrons. The van der Waals surface area contributed by atoms with Gasteiger partial charge in [0.25, 0.3) is 0 Å². The molecule has 0 spiro atoms. The largest absolute Gasteiger partial charge is 0.481 e. The predicted molar refractivity (Wildman–Crippen MR) is 77.8 cm³/mol. The summed E-state index contributed by atoms with van der Waals surface area (Å²) >= 11 is 1.62. The molecule has 1 saturated heterocycles. The molecule has 2 amide bonds. The van der Waals surface area contributed by atoms with Crippen molar-refractivity contribution in [3.05, 3.63) is 22.4 Å². The first-order chi connectivity index (χ1) is 9.56. The Labute approximate surface area is 122 Å². The van der Waals surface area contributed by atoms with E-state index in [1.165, 1.54) is 0 Å². The third-order valence-electron chi connectivity index (χ3n) is 3.72. The van der Waals surface area contributed by atoms with E-state index in [1.807, 2.05) is 23.8 Å². The van der Waals surface area contributed by atoms with Crippen LogP contribution in [-0.2, 0) is 4.79 Å². The highest BCUT2D eigenvalue weighted by Crippen LogP contribution is 2.22. The number of amides is 2. The standard InChI is InChI=1S/C14H20N2O3S/c1-10(12-5-7-20-9-12)15-14(19)16-6-4-11(8-16)2-3-13(17)18/h5,7,9-11H,2-4,6,8H2,1H3,(H,15,19)(H,17,18). The molecule has 2 unspecified atom stereocenters. The van der Waals surface area contributed by atoms with Crippen LogP contribution in [0.4, 0.5) is 4.79 Å². The van der Waals surface area contributed by atoms with Crippen molar-refractivity contribution in [3.63, 3.8) is 0 Å². The minimum atomic E-state index is -0.765. The number of thiophene rings is 1. The highest BCUT2D eigenvalue weighted by Gasteiger charge is 2.27. The van der Waals surface area contributed by atoms with Crippen molar-refractivity contribution in [2.45, 2.75) is 32.2 Å². The Balaban J connectivity index is 1.78. The lowest BCUT2D eigenvalue weighted by Gasteiger charge is -2.20. The van der Waals surface area contributed by atoms with Crippen LogP contribution in [0.15, 0.2) is 16.8 Å². The highest BCUT2D eigenvalue weighted by molar-refractivity contribution is 7.07. The van der Waals surface area contributed by atoms with Crippen molar-refractivity contribution in [3.8, 4) is 0 Å². The summed E-state index contributed by atoms with van der Waals surface area (Å²) in [6.45, 7) is 3.35. The van der Waals surface area contributed by atoms with E-state index in [0.29, 0.717) is 25.4 Å². The van der Waals surface area contributed by atoms with Gasteiger partial charge in [-0.2, -0.15) is 11.3 Å². The topological polar surface area (TPSA) is 69.6 Å². The summed E-state index contributed by atoms with van der Waals surface area (Å²) in [6, 6.07) is 1.96. The fourth-order valence-electron chi connectivity index (χ4n) is 2.46. The van der Waals surface area contributed by atoms with Crippen LogP contribution in [0.1, 0.15) is 37.8 Å². The number of carbonyl (C=O) groups excluding carboxylic acids is 1. The van der Waals surface area contributed by atoms with Crippen molar-refractivity contribution in [2.75, 3.05) is 13.1 Å². The normalized spacial score (nSPS) is 19.9. The van der Waals surface area contributed by atoms with Crippen molar-refractivity contribution >= 4 is 23.3 Å². The van der Waals surface area contributed by atoms with Gasteiger partial charge in [0, 0.05) is 19.5 Å². The predicted octanol–water partition coefficient (Wildman–Crippen LogP) is 2.71. The molecule has 0 bridgehead atoms. The van der Waals surface area contributed by atoms with Crippen LogP contribution >= 0.6 is 11.3 Å². The maximum atomic E-state index is 12.1. The van der Waals surface area contributed by atoms with Gasteiger partial charge in [0.1, 0.15) is 0 Å². The number of carboxylic acid groups (broad SMARTS) is 1.